The molecule has 2 aromatic carbocycles. The van der Waals surface area contributed by atoms with Crippen molar-refractivity contribution in [1.82, 2.24) is 10.6 Å². The molecule has 1 unspecified atom stereocenters. The number of rotatable bonds is 22. The second-order valence-corrected chi connectivity index (χ2v) is 16.2. The van der Waals surface area contributed by atoms with Gasteiger partial charge in [-0.25, -0.2) is 0 Å². The highest BCUT2D eigenvalue weighted by atomic mass is 33.1. The van der Waals surface area contributed by atoms with Crippen molar-refractivity contribution in [2.75, 3.05) is 36.1 Å². The van der Waals surface area contributed by atoms with Gasteiger partial charge in [-0.2, -0.15) is 0 Å². The summed E-state index contributed by atoms with van der Waals surface area (Å²) in [5.41, 5.74) is 2.97. The van der Waals surface area contributed by atoms with Crippen molar-refractivity contribution in [2.45, 2.75) is 77.9 Å². The molecule has 0 spiro atoms. The summed E-state index contributed by atoms with van der Waals surface area (Å²) in [5, 5.41) is 5.79. The number of terminal acetylenes is 1. The zero-order valence-electron chi connectivity index (χ0n) is 27.2. The fourth-order valence-electron chi connectivity index (χ4n) is 4.27. The summed E-state index contributed by atoms with van der Waals surface area (Å²) in [4.78, 5) is 49.1. The van der Waals surface area contributed by atoms with Crippen LogP contribution >= 0.6 is 29.2 Å². The van der Waals surface area contributed by atoms with Crippen LogP contribution in [0.3, 0.4) is 0 Å². The Kier molecular flexibility index (Phi) is 18.8. The Labute approximate surface area is 282 Å². The number of anilines is 1. The summed E-state index contributed by atoms with van der Waals surface area (Å²) >= 11 is 0. The third-order valence-corrected chi connectivity index (χ3v) is 11.4. The van der Waals surface area contributed by atoms with Gasteiger partial charge in [0, 0.05) is 49.4 Å². The molecular weight excluding hydrogens is 641 g/mol. The second-order valence-electron chi connectivity index (χ2n) is 11.1. The van der Waals surface area contributed by atoms with Crippen LogP contribution in [0.25, 0.3) is 0 Å². The standard InChI is InChI=1S/C34H48N3O6PS2/c1-5-29-15-10-11-17-31(29)37(26-30-16-9-8-14-28(30)4)34(40)19-18-32(38)36-22-25-46-45-24-20-33(39)35-21-12-6-7-13-23-43-44(41,42)27(2)3/h1,8-11,14-17,27H,6-7,12-13,18-26H2,2-4H3,(H,35,39)(H,36,38)(H,41,42). The Bertz CT molecular complexity index is 1350. The number of nitrogens with zero attached hydrogens (tertiary/aromatic N) is 1. The molecule has 12 heteroatoms. The predicted molar refractivity (Wildman–Crippen MR) is 191 cm³/mol. The van der Waals surface area contributed by atoms with E-state index < -0.39 is 13.3 Å². The van der Waals surface area contributed by atoms with Gasteiger partial charge in [0.1, 0.15) is 0 Å². The van der Waals surface area contributed by atoms with Crippen LogP contribution < -0.4 is 15.5 Å². The average molecular weight is 690 g/mol. The molecule has 1 atom stereocenters. The summed E-state index contributed by atoms with van der Waals surface area (Å²) in [7, 11) is -0.314. The lowest BCUT2D eigenvalue weighted by Crippen LogP contribution is -2.33. The largest absolute Gasteiger partial charge is 0.356 e. The number of unbranched alkanes of at least 4 members (excludes halogenated alkanes) is 3. The van der Waals surface area contributed by atoms with E-state index in [2.05, 4.69) is 16.6 Å². The molecule has 0 heterocycles. The van der Waals surface area contributed by atoms with E-state index in [1.54, 1.807) is 46.4 Å². The van der Waals surface area contributed by atoms with Crippen LogP contribution in [-0.2, 0) is 30.0 Å². The Morgan fingerprint density at radius 3 is 2.30 bits per heavy atom. The summed E-state index contributed by atoms with van der Waals surface area (Å²) in [6, 6.07) is 15.2. The highest BCUT2D eigenvalue weighted by Gasteiger charge is 2.24. The molecule has 9 nitrogen and oxygen atoms in total. The molecule has 2 rings (SSSR count). The van der Waals surface area contributed by atoms with Gasteiger partial charge >= 0.3 is 7.60 Å². The number of benzene rings is 2. The first kappa shape index (κ1) is 39.4. The Hall–Kier alpha value is -2.74. The number of aryl methyl sites for hydroxylation is 1. The van der Waals surface area contributed by atoms with Gasteiger partial charge < -0.3 is 25.0 Å². The van der Waals surface area contributed by atoms with E-state index in [0.29, 0.717) is 55.2 Å². The molecule has 0 saturated heterocycles. The monoisotopic (exact) mass is 689 g/mol. The number of carbonyl (C=O) groups excluding carboxylic acids is 3. The van der Waals surface area contributed by atoms with Gasteiger partial charge in [0.2, 0.25) is 17.7 Å². The van der Waals surface area contributed by atoms with Gasteiger partial charge in [-0.3, -0.25) is 18.9 Å². The minimum Gasteiger partial charge on any atom is -0.356 e. The smallest absolute Gasteiger partial charge is 0.330 e. The van der Waals surface area contributed by atoms with E-state index >= 15 is 0 Å². The van der Waals surface area contributed by atoms with Gasteiger partial charge in [0.25, 0.3) is 0 Å². The number of hydrogen-bond acceptors (Lipinski definition) is 7. The second kappa shape index (κ2) is 21.9. The van der Waals surface area contributed by atoms with Crippen molar-refractivity contribution in [3.8, 4) is 12.3 Å². The van der Waals surface area contributed by atoms with Gasteiger partial charge in [-0.15, -0.1) is 6.42 Å². The van der Waals surface area contributed by atoms with Gasteiger partial charge in [-0.1, -0.05) is 90.6 Å². The first-order valence-corrected chi connectivity index (χ1v) is 19.8. The van der Waals surface area contributed by atoms with Crippen LogP contribution in [0.15, 0.2) is 48.5 Å². The number of hydrogen-bond donors (Lipinski definition) is 3. The van der Waals surface area contributed by atoms with Crippen LogP contribution in [0.2, 0.25) is 0 Å². The molecule has 0 aliphatic carbocycles. The zero-order chi connectivity index (χ0) is 33.8. The molecule has 0 saturated carbocycles. The lowest BCUT2D eigenvalue weighted by molar-refractivity contribution is -0.125. The maximum Gasteiger partial charge on any atom is 0.330 e. The van der Waals surface area contributed by atoms with Gasteiger partial charge in [0.05, 0.1) is 24.5 Å². The summed E-state index contributed by atoms with van der Waals surface area (Å²) in [6.45, 7) is 7.05. The summed E-state index contributed by atoms with van der Waals surface area (Å²) < 4.78 is 16.8. The van der Waals surface area contributed by atoms with Crippen LogP contribution in [0.5, 0.6) is 0 Å². The van der Waals surface area contributed by atoms with E-state index in [1.807, 2.05) is 49.4 Å². The molecule has 3 amide bonds. The van der Waals surface area contributed by atoms with Crippen LogP contribution in [0, 0.1) is 19.3 Å². The fraction of sp³-hybridized carbons (Fsp3) is 0.500. The highest BCUT2D eigenvalue weighted by Crippen LogP contribution is 2.47. The Balaban J connectivity index is 1.58. The first-order valence-electron chi connectivity index (χ1n) is 15.7. The number of nitrogens with one attached hydrogen (secondary N) is 2. The van der Waals surface area contributed by atoms with E-state index in [0.717, 1.165) is 30.4 Å². The van der Waals surface area contributed by atoms with Crippen molar-refractivity contribution in [3.05, 3.63) is 65.2 Å². The zero-order valence-corrected chi connectivity index (χ0v) is 29.7. The van der Waals surface area contributed by atoms with E-state index in [1.165, 1.54) is 0 Å². The maximum absolute atomic E-state index is 13.3. The summed E-state index contributed by atoms with van der Waals surface area (Å²) in [6.07, 6.45) is 9.63. The molecule has 0 aliphatic rings. The van der Waals surface area contributed by atoms with Crippen molar-refractivity contribution in [3.63, 3.8) is 0 Å². The van der Waals surface area contributed by atoms with Crippen molar-refractivity contribution in [2.24, 2.45) is 0 Å². The molecule has 46 heavy (non-hydrogen) atoms. The van der Waals surface area contributed by atoms with Crippen LogP contribution in [0.4, 0.5) is 5.69 Å². The topological polar surface area (TPSA) is 125 Å². The van der Waals surface area contributed by atoms with Crippen molar-refractivity contribution >= 4 is 52.6 Å². The van der Waals surface area contributed by atoms with Crippen molar-refractivity contribution in [1.29, 1.82) is 0 Å². The Morgan fingerprint density at radius 1 is 0.913 bits per heavy atom. The van der Waals surface area contributed by atoms with E-state index in [4.69, 9.17) is 10.9 Å². The molecule has 0 aromatic heterocycles. The number of amides is 3. The molecule has 252 valence electrons. The molecule has 0 aliphatic heterocycles. The van der Waals surface area contributed by atoms with E-state index in [-0.39, 0.29) is 37.2 Å². The highest BCUT2D eigenvalue weighted by molar-refractivity contribution is 8.76. The lowest BCUT2D eigenvalue weighted by atomic mass is 10.1. The third kappa shape index (κ3) is 15.2. The van der Waals surface area contributed by atoms with E-state index in [9.17, 15) is 23.8 Å². The maximum atomic E-state index is 13.3. The Morgan fingerprint density at radius 2 is 1.57 bits per heavy atom. The molecular formula is C34H48N3O6PS2. The predicted octanol–water partition coefficient (Wildman–Crippen LogP) is 6.46. The molecule has 0 bridgehead atoms. The average Bonchev–Trinajstić information content (AvgIpc) is 3.03. The summed E-state index contributed by atoms with van der Waals surface area (Å²) in [5.74, 6) is 3.67. The number of para-hydroxylation sites is 1. The first-order chi connectivity index (χ1) is 22.0. The van der Waals surface area contributed by atoms with Crippen molar-refractivity contribution < 1.29 is 28.4 Å². The van der Waals surface area contributed by atoms with Crippen LogP contribution in [0.1, 0.15) is 75.5 Å². The fourth-order valence-corrected chi connectivity index (χ4v) is 6.85. The third-order valence-electron chi connectivity index (χ3n) is 7.13. The van der Waals surface area contributed by atoms with Gasteiger partial charge in [0.15, 0.2) is 0 Å². The number of carbonyl (C=O) groups is 3. The molecule has 2 aromatic rings. The minimum atomic E-state index is -3.49. The lowest BCUT2D eigenvalue weighted by Gasteiger charge is -2.25. The normalized spacial score (nSPS) is 12.3. The SMILES string of the molecule is C#Cc1ccccc1N(Cc1ccccc1C)C(=O)CCC(=O)NCCSSCCC(=O)NCCCCCCOP(=O)(O)C(C)C. The molecule has 3 N–H and O–H groups in total. The van der Waals surface area contributed by atoms with Gasteiger partial charge in [-0.05, 0) is 43.0 Å². The molecule has 0 fully saturated rings. The quantitative estimate of drug-likeness (QED) is 0.0557. The van der Waals surface area contributed by atoms with Crippen LogP contribution in [-0.4, -0.2) is 59.5 Å². The minimum absolute atomic E-state index is 0.00823. The molecule has 0 radical (unpaired) electrons.